The van der Waals surface area contributed by atoms with Crippen LogP contribution in [0.4, 0.5) is 0 Å². The van der Waals surface area contributed by atoms with Crippen LogP contribution in [-0.4, -0.2) is 48.4 Å². The van der Waals surface area contributed by atoms with Crippen molar-refractivity contribution >= 4 is 28.2 Å². The third-order valence-corrected chi connectivity index (χ3v) is 7.79. The fourth-order valence-corrected chi connectivity index (χ4v) is 5.85. The van der Waals surface area contributed by atoms with Crippen molar-refractivity contribution in [1.82, 2.24) is 25.1 Å². The van der Waals surface area contributed by atoms with Crippen molar-refractivity contribution in [2.75, 3.05) is 0 Å². The number of carboxylic acid groups (broad SMARTS) is 1. The first-order valence-electron chi connectivity index (χ1n) is 12.3. The molecule has 1 amide bonds. The highest BCUT2D eigenvalue weighted by Crippen LogP contribution is 2.62. The van der Waals surface area contributed by atoms with Gasteiger partial charge >= 0.3 is 5.97 Å². The molecule has 1 spiro atoms. The van der Waals surface area contributed by atoms with E-state index in [1.165, 1.54) is 24.6 Å². The van der Waals surface area contributed by atoms with E-state index >= 15 is 0 Å². The first-order chi connectivity index (χ1) is 17.6. The van der Waals surface area contributed by atoms with E-state index in [0.29, 0.717) is 28.1 Å². The number of nitrogens with one attached hydrogen (secondary N) is 2. The van der Waals surface area contributed by atoms with Crippen molar-refractivity contribution in [3.63, 3.8) is 0 Å². The average molecular weight is 502 g/mol. The third-order valence-electron chi connectivity index (χ3n) is 7.79. The molecule has 0 bridgehead atoms. The molecule has 0 atom stereocenters. The normalized spacial score (nSPS) is 23.0. The lowest BCUT2D eigenvalue weighted by Gasteiger charge is -2.57. The van der Waals surface area contributed by atoms with Crippen molar-refractivity contribution in [3.05, 3.63) is 70.4 Å². The van der Waals surface area contributed by atoms with Gasteiger partial charge in [-0.25, -0.2) is 14.4 Å². The summed E-state index contributed by atoms with van der Waals surface area (Å²) in [5.41, 5.74) is 0.691. The standard InChI is InChI=1S/C27H27N5O5/c1-26(2,25(35)36)37-17-7-8-21-20(13-28-32(21)14-17)23(33)29-16-11-27(12-16)9-15(10-27)22-18-5-3-4-6-19(18)24(34)31-30-22/h3-8,13-16H,9-12H2,1-2H3,(H,29,33)(H,31,34)(H,35,36)/t15-,16-,27?. The van der Waals surface area contributed by atoms with E-state index in [0.717, 1.165) is 36.8 Å². The number of amides is 1. The summed E-state index contributed by atoms with van der Waals surface area (Å²) in [6, 6.07) is 11.0. The van der Waals surface area contributed by atoms with Crippen LogP contribution in [0.3, 0.4) is 0 Å². The maximum absolute atomic E-state index is 13.0. The Labute approximate surface area is 211 Å². The molecule has 2 saturated carbocycles. The molecule has 0 saturated heterocycles. The van der Waals surface area contributed by atoms with Crippen molar-refractivity contribution in [2.45, 2.75) is 57.1 Å². The van der Waals surface area contributed by atoms with Crippen LogP contribution in [0.1, 0.15) is 61.5 Å². The van der Waals surface area contributed by atoms with E-state index in [-0.39, 0.29) is 22.9 Å². The molecule has 190 valence electrons. The molecule has 3 aromatic heterocycles. The summed E-state index contributed by atoms with van der Waals surface area (Å²) in [6.07, 6.45) is 6.90. The molecular weight excluding hydrogens is 474 g/mol. The Morgan fingerprint density at radius 1 is 1.14 bits per heavy atom. The zero-order chi connectivity index (χ0) is 25.9. The van der Waals surface area contributed by atoms with Gasteiger partial charge in [0.1, 0.15) is 5.75 Å². The summed E-state index contributed by atoms with van der Waals surface area (Å²) in [5, 5.41) is 25.2. The maximum atomic E-state index is 13.0. The molecule has 10 nitrogen and oxygen atoms in total. The van der Waals surface area contributed by atoms with Gasteiger partial charge < -0.3 is 15.2 Å². The number of carboxylic acids is 1. The van der Waals surface area contributed by atoms with Crippen LogP contribution in [0, 0.1) is 5.41 Å². The van der Waals surface area contributed by atoms with E-state index in [2.05, 4.69) is 20.6 Å². The number of aromatic nitrogens is 4. The number of nitrogens with zero attached hydrogens (tertiary/aromatic N) is 3. The number of H-pyrrole nitrogens is 1. The molecule has 4 aromatic rings. The second-order valence-electron chi connectivity index (χ2n) is 10.8. The van der Waals surface area contributed by atoms with E-state index in [4.69, 9.17) is 4.74 Å². The number of hydrogen-bond acceptors (Lipinski definition) is 6. The van der Waals surface area contributed by atoms with Crippen LogP contribution in [0.25, 0.3) is 16.3 Å². The lowest BCUT2D eigenvalue weighted by Crippen LogP contribution is -2.55. The number of aliphatic carboxylic acids is 1. The van der Waals surface area contributed by atoms with Crippen LogP contribution < -0.4 is 15.6 Å². The lowest BCUT2D eigenvalue weighted by atomic mass is 9.49. The summed E-state index contributed by atoms with van der Waals surface area (Å²) >= 11 is 0. The van der Waals surface area contributed by atoms with E-state index < -0.39 is 11.6 Å². The van der Waals surface area contributed by atoms with Crippen molar-refractivity contribution < 1.29 is 19.4 Å². The molecule has 2 fully saturated rings. The van der Waals surface area contributed by atoms with Gasteiger partial charge in [-0.3, -0.25) is 9.59 Å². The number of hydrogen-bond donors (Lipinski definition) is 3. The number of ether oxygens (including phenoxy) is 1. The van der Waals surface area contributed by atoms with Gasteiger partial charge in [0, 0.05) is 17.3 Å². The van der Waals surface area contributed by atoms with Gasteiger partial charge in [-0.05, 0) is 63.1 Å². The highest BCUT2D eigenvalue weighted by molar-refractivity contribution is 6.00. The fraction of sp³-hybridized carbons (Fsp3) is 0.370. The molecule has 0 unspecified atom stereocenters. The highest BCUT2D eigenvalue weighted by atomic mass is 16.5. The zero-order valence-corrected chi connectivity index (χ0v) is 20.5. The second kappa shape index (κ2) is 8.16. The quantitative estimate of drug-likeness (QED) is 0.369. The van der Waals surface area contributed by atoms with Gasteiger partial charge in [0.25, 0.3) is 11.5 Å². The molecule has 3 N–H and O–H groups in total. The predicted molar refractivity (Wildman–Crippen MR) is 135 cm³/mol. The number of rotatable bonds is 6. The minimum atomic E-state index is -1.39. The van der Waals surface area contributed by atoms with Gasteiger partial charge in [-0.15, -0.1) is 0 Å². The molecule has 1 aromatic carbocycles. The summed E-state index contributed by atoms with van der Waals surface area (Å²) in [5.74, 6) is -0.605. The predicted octanol–water partition coefficient (Wildman–Crippen LogP) is 3.27. The van der Waals surface area contributed by atoms with Crippen molar-refractivity contribution in [3.8, 4) is 5.75 Å². The van der Waals surface area contributed by atoms with Crippen molar-refractivity contribution in [1.29, 1.82) is 0 Å². The largest absolute Gasteiger partial charge is 0.478 e. The topological polar surface area (TPSA) is 139 Å². The van der Waals surface area contributed by atoms with Crippen LogP contribution in [0.5, 0.6) is 5.75 Å². The Morgan fingerprint density at radius 2 is 1.86 bits per heavy atom. The SMILES string of the molecule is CC(C)(Oc1ccc2c(C(=O)N[C@H]3CC4(C3)C[C@H](c3n[nH]c(=O)c5ccccc53)C4)cnn2c1)C(=O)O. The molecule has 0 aliphatic heterocycles. The van der Waals surface area contributed by atoms with Gasteiger partial charge in [-0.1, -0.05) is 18.2 Å². The Hall–Kier alpha value is -4.21. The molecule has 2 aliphatic rings. The van der Waals surface area contributed by atoms with E-state index in [1.807, 2.05) is 24.3 Å². The minimum Gasteiger partial charge on any atom is -0.478 e. The number of benzene rings is 1. The van der Waals surface area contributed by atoms with Crippen molar-refractivity contribution in [2.24, 2.45) is 5.41 Å². The van der Waals surface area contributed by atoms with Crippen LogP contribution in [-0.2, 0) is 4.79 Å². The Bertz CT molecular complexity index is 1610. The first-order valence-corrected chi connectivity index (χ1v) is 12.3. The van der Waals surface area contributed by atoms with Crippen LogP contribution in [0.15, 0.2) is 53.6 Å². The second-order valence-corrected chi connectivity index (χ2v) is 10.8. The summed E-state index contributed by atoms with van der Waals surface area (Å²) in [7, 11) is 0. The summed E-state index contributed by atoms with van der Waals surface area (Å²) in [6.45, 7) is 2.94. The van der Waals surface area contributed by atoms with Crippen LogP contribution in [0.2, 0.25) is 0 Å². The molecule has 3 heterocycles. The fourth-order valence-electron chi connectivity index (χ4n) is 5.85. The molecule has 10 heteroatoms. The molecule has 37 heavy (non-hydrogen) atoms. The third kappa shape index (κ3) is 3.92. The number of carbonyl (C=O) groups excluding carboxylic acids is 1. The van der Waals surface area contributed by atoms with Gasteiger partial charge in [-0.2, -0.15) is 10.2 Å². The van der Waals surface area contributed by atoms with E-state index in [9.17, 15) is 19.5 Å². The Morgan fingerprint density at radius 3 is 2.59 bits per heavy atom. The maximum Gasteiger partial charge on any atom is 0.347 e. The number of carbonyl (C=O) groups is 2. The Kier molecular flexibility index (Phi) is 5.11. The average Bonchev–Trinajstić information content (AvgIpc) is 3.23. The highest BCUT2D eigenvalue weighted by Gasteiger charge is 2.54. The molecular formula is C27H27N5O5. The van der Waals surface area contributed by atoms with Gasteiger partial charge in [0.05, 0.1) is 34.6 Å². The molecule has 0 radical (unpaired) electrons. The van der Waals surface area contributed by atoms with Gasteiger partial charge in [0.15, 0.2) is 5.60 Å². The number of aromatic amines is 1. The monoisotopic (exact) mass is 501 g/mol. The van der Waals surface area contributed by atoms with Crippen LogP contribution >= 0.6 is 0 Å². The van der Waals surface area contributed by atoms with Gasteiger partial charge in [0.2, 0.25) is 0 Å². The molecule has 2 aliphatic carbocycles. The minimum absolute atomic E-state index is 0.0997. The number of pyridine rings is 1. The number of fused-ring (bicyclic) bond motifs is 2. The summed E-state index contributed by atoms with van der Waals surface area (Å²) in [4.78, 5) is 36.4. The van der Waals surface area contributed by atoms with E-state index in [1.54, 1.807) is 18.3 Å². The molecule has 6 rings (SSSR count). The Balaban J connectivity index is 1.08. The summed E-state index contributed by atoms with van der Waals surface area (Å²) < 4.78 is 7.08. The smallest absolute Gasteiger partial charge is 0.347 e. The lowest BCUT2D eigenvalue weighted by molar-refractivity contribution is -0.152. The first kappa shape index (κ1) is 23.2. The zero-order valence-electron chi connectivity index (χ0n) is 20.5.